The molecule has 0 bridgehead atoms. The molecule has 0 saturated carbocycles. The van der Waals surface area contributed by atoms with Crippen molar-refractivity contribution < 1.29 is 9.90 Å². The molecule has 168 valence electrons. The minimum Gasteiger partial charge on any atom is -0.508 e. The molecule has 33 heavy (non-hydrogen) atoms. The normalized spacial score (nSPS) is 11.8. The highest BCUT2D eigenvalue weighted by Crippen LogP contribution is 2.31. The summed E-state index contributed by atoms with van der Waals surface area (Å²) in [6, 6.07) is 26.7. The molecule has 1 amide bonds. The zero-order valence-electron chi connectivity index (χ0n) is 18.1. The lowest BCUT2D eigenvalue weighted by molar-refractivity contribution is -0.115. The molecule has 4 rings (SSSR count). The fourth-order valence-electron chi connectivity index (χ4n) is 3.23. The van der Waals surface area contributed by atoms with Crippen molar-refractivity contribution in [2.75, 3.05) is 5.32 Å². The van der Waals surface area contributed by atoms with E-state index in [-0.39, 0.29) is 16.9 Å². The lowest BCUT2D eigenvalue weighted by atomic mass is 10.2. The first-order valence-electron chi connectivity index (χ1n) is 10.6. The fraction of sp³-hybridized carbons (Fsp3) is 0.160. The average Bonchev–Trinajstić information content (AvgIpc) is 3.24. The Bertz CT molecular complexity index is 1200. The van der Waals surface area contributed by atoms with Crippen molar-refractivity contribution in [3.8, 4) is 11.4 Å². The van der Waals surface area contributed by atoms with Crippen LogP contribution in [0, 0.1) is 0 Å². The SMILES string of the molecule is CCC(Sc1nnc(CSc2ccccc2)n1-c1ccccc1)C(=O)Nc1cccc(O)c1. The molecular weight excluding hydrogens is 452 g/mol. The van der Waals surface area contributed by atoms with E-state index >= 15 is 0 Å². The van der Waals surface area contributed by atoms with E-state index < -0.39 is 0 Å². The van der Waals surface area contributed by atoms with E-state index in [1.807, 2.05) is 60.0 Å². The first kappa shape index (κ1) is 22.9. The zero-order valence-corrected chi connectivity index (χ0v) is 19.7. The summed E-state index contributed by atoms with van der Waals surface area (Å²) in [5, 5.41) is 21.8. The molecule has 1 unspecified atom stereocenters. The van der Waals surface area contributed by atoms with Gasteiger partial charge in [-0.05, 0) is 42.8 Å². The molecule has 0 aliphatic heterocycles. The Labute approximate surface area is 201 Å². The maximum atomic E-state index is 12.9. The van der Waals surface area contributed by atoms with Gasteiger partial charge in [0.1, 0.15) is 11.6 Å². The van der Waals surface area contributed by atoms with Crippen molar-refractivity contribution >= 4 is 35.1 Å². The van der Waals surface area contributed by atoms with Gasteiger partial charge in [0.25, 0.3) is 0 Å². The summed E-state index contributed by atoms with van der Waals surface area (Å²) >= 11 is 3.08. The Balaban J connectivity index is 1.56. The van der Waals surface area contributed by atoms with Crippen LogP contribution < -0.4 is 5.32 Å². The fourth-order valence-corrected chi connectivity index (χ4v) is 5.05. The van der Waals surface area contributed by atoms with Gasteiger partial charge in [0.15, 0.2) is 5.16 Å². The number of nitrogens with zero attached hydrogens (tertiary/aromatic N) is 3. The number of rotatable bonds is 9. The van der Waals surface area contributed by atoms with Crippen LogP contribution in [0.1, 0.15) is 19.2 Å². The number of aromatic nitrogens is 3. The highest BCUT2D eigenvalue weighted by molar-refractivity contribution is 8.00. The van der Waals surface area contributed by atoms with Gasteiger partial charge in [-0.15, -0.1) is 22.0 Å². The average molecular weight is 477 g/mol. The summed E-state index contributed by atoms with van der Waals surface area (Å²) in [7, 11) is 0. The topological polar surface area (TPSA) is 80.0 Å². The quantitative estimate of drug-likeness (QED) is 0.298. The lowest BCUT2D eigenvalue weighted by Gasteiger charge is -2.16. The number of carbonyl (C=O) groups is 1. The Morgan fingerprint density at radius 3 is 2.42 bits per heavy atom. The highest BCUT2D eigenvalue weighted by atomic mass is 32.2. The molecule has 8 heteroatoms. The summed E-state index contributed by atoms with van der Waals surface area (Å²) in [4.78, 5) is 14.1. The molecule has 0 aliphatic carbocycles. The number of anilines is 1. The molecule has 0 fully saturated rings. The first-order valence-corrected chi connectivity index (χ1v) is 12.4. The van der Waals surface area contributed by atoms with E-state index in [0.29, 0.717) is 23.0 Å². The number of carbonyl (C=O) groups excluding carboxylic acids is 1. The smallest absolute Gasteiger partial charge is 0.237 e. The van der Waals surface area contributed by atoms with E-state index in [1.165, 1.54) is 17.8 Å². The van der Waals surface area contributed by atoms with Crippen LogP contribution in [-0.2, 0) is 10.5 Å². The third-order valence-corrected chi connectivity index (χ3v) is 7.17. The maximum absolute atomic E-state index is 12.9. The number of benzene rings is 3. The predicted octanol–water partition coefficient (Wildman–Crippen LogP) is 5.77. The summed E-state index contributed by atoms with van der Waals surface area (Å²) in [5.74, 6) is 1.44. The van der Waals surface area contributed by atoms with Gasteiger partial charge >= 0.3 is 0 Å². The number of phenolic OH excluding ortho intramolecular Hbond substituents is 1. The molecule has 0 saturated heterocycles. The number of phenols is 1. The van der Waals surface area contributed by atoms with E-state index in [0.717, 1.165) is 16.4 Å². The molecule has 1 atom stereocenters. The highest BCUT2D eigenvalue weighted by Gasteiger charge is 2.23. The summed E-state index contributed by atoms with van der Waals surface area (Å²) in [6.07, 6.45) is 0.616. The second kappa shape index (κ2) is 11.1. The van der Waals surface area contributed by atoms with Crippen molar-refractivity contribution in [2.45, 2.75) is 34.4 Å². The standard InChI is InChI=1S/C25H24N4O2S2/c1-2-22(24(31)26-18-10-9-13-20(30)16-18)33-25-28-27-23(17-32-21-14-7-4-8-15-21)29(25)19-11-5-3-6-12-19/h3-16,22,30H,2,17H2,1H3,(H,26,31). The molecule has 0 radical (unpaired) electrons. The van der Waals surface area contributed by atoms with Crippen molar-refractivity contribution in [3.63, 3.8) is 0 Å². The van der Waals surface area contributed by atoms with Crippen molar-refractivity contribution in [1.82, 2.24) is 14.8 Å². The summed E-state index contributed by atoms with van der Waals surface area (Å²) in [6.45, 7) is 1.97. The predicted molar refractivity (Wildman–Crippen MR) is 134 cm³/mol. The van der Waals surface area contributed by atoms with E-state index in [9.17, 15) is 9.90 Å². The van der Waals surface area contributed by atoms with Gasteiger partial charge in [-0.25, -0.2) is 0 Å². The van der Waals surface area contributed by atoms with Crippen molar-refractivity contribution in [3.05, 3.63) is 90.8 Å². The van der Waals surface area contributed by atoms with Crippen LogP contribution >= 0.6 is 23.5 Å². The van der Waals surface area contributed by atoms with Gasteiger partial charge in [-0.3, -0.25) is 9.36 Å². The summed E-state index contributed by atoms with van der Waals surface area (Å²) in [5.41, 5.74) is 1.51. The molecule has 6 nitrogen and oxygen atoms in total. The molecule has 2 N–H and O–H groups in total. The Morgan fingerprint density at radius 2 is 1.73 bits per heavy atom. The molecular formula is C25H24N4O2S2. The minimum absolute atomic E-state index is 0.109. The van der Waals surface area contributed by atoms with Gasteiger partial charge in [0, 0.05) is 22.3 Å². The second-order valence-electron chi connectivity index (χ2n) is 7.23. The molecule has 3 aromatic carbocycles. The van der Waals surface area contributed by atoms with E-state index in [2.05, 4.69) is 27.6 Å². The summed E-state index contributed by atoms with van der Waals surface area (Å²) < 4.78 is 2.02. The molecule has 0 aliphatic rings. The molecule has 0 spiro atoms. The largest absolute Gasteiger partial charge is 0.508 e. The minimum atomic E-state index is -0.367. The number of amides is 1. The Morgan fingerprint density at radius 1 is 1.00 bits per heavy atom. The Hall–Kier alpha value is -3.23. The van der Waals surface area contributed by atoms with E-state index in [1.54, 1.807) is 30.0 Å². The molecule has 1 heterocycles. The lowest BCUT2D eigenvalue weighted by Crippen LogP contribution is -2.25. The van der Waals surface area contributed by atoms with Crippen LogP contribution in [0.3, 0.4) is 0 Å². The number of nitrogens with one attached hydrogen (secondary N) is 1. The van der Waals surface area contributed by atoms with Crippen LogP contribution in [0.5, 0.6) is 5.75 Å². The van der Waals surface area contributed by atoms with Crippen molar-refractivity contribution in [1.29, 1.82) is 0 Å². The van der Waals surface area contributed by atoms with Gasteiger partial charge in [0.05, 0.1) is 11.0 Å². The molecule has 4 aromatic rings. The first-order chi connectivity index (χ1) is 16.1. The number of aromatic hydroxyl groups is 1. The van der Waals surface area contributed by atoms with Crippen molar-refractivity contribution in [2.24, 2.45) is 0 Å². The zero-order chi connectivity index (χ0) is 23.0. The van der Waals surface area contributed by atoms with Gasteiger partial charge in [-0.1, -0.05) is 61.2 Å². The second-order valence-corrected chi connectivity index (χ2v) is 9.44. The third kappa shape index (κ3) is 5.97. The van der Waals surface area contributed by atoms with E-state index in [4.69, 9.17) is 0 Å². The van der Waals surface area contributed by atoms with Gasteiger partial charge < -0.3 is 10.4 Å². The van der Waals surface area contributed by atoms with Crippen LogP contribution in [0.25, 0.3) is 5.69 Å². The van der Waals surface area contributed by atoms with Gasteiger partial charge in [-0.2, -0.15) is 0 Å². The van der Waals surface area contributed by atoms with Gasteiger partial charge in [0.2, 0.25) is 5.91 Å². The van der Waals surface area contributed by atoms with Crippen LogP contribution in [0.4, 0.5) is 5.69 Å². The monoisotopic (exact) mass is 476 g/mol. The number of para-hydroxylation sites is 1. The van der Waals surface area contributed by atoms with Crippen LogP contribution in [-0.4, -0.2) is 31.0 Å². The van der Waals surface area contributed by atoms with Crippen LogP contribution in [0.2, 0.25) is 0 Å². The third-order valence-electron chi connectivity index (χ3n) is 4.85. The Kier molecular flexibility index (Phi) is 7.70. The van der Waals surface area contributed by atoms with Crippen LogP contribution in [0.15, 0.2) is 95.0 Å². The number of thioether (sulfide) groups is 2. The number of hydrogen-bond acceptors (Lipinski definition) is 6. The number of hydrogen-bond donors (Lipinski definition) is 2. The maximum Gasteiger partial charge on any atom is 0.237 e. The molecule has 1 aromatic heterocycles.